The third-order valence-corrected chi connectivity index (χ3v) is 5.15. The number of nitrogens with one attached hydrogen (secondary N) is 1. The van der Waals surface area contributed by atoms with Crippen molar-refractivity contribution >= 4 is 5.69 Å². The van der Waals surface area contributed by atoms with E-state index in [1.54, 1.807) is 6.08 Å². The van der Waals surface area contributed by atoms with Gasteiger partial charge >= 0.3 is 0 Å². The van der Waals surface area contributed by atoms with Crippen LogP contribution in [0.15, 0.2) is 67.3 Å². The van der Waals surface area contributed by atoms with Crippen molar-refractivity contribution in [2.24, 2.45) is 11.7 Å². The summed E-state index contributed by atoms with van der Waals surface area (Å²) in [6.07, 6.45) is 7.26. The van der Waals surface area contributed by atoms with Crippen LogP contribution in [-0.4, -0.2) is 30.2 Å². The highest BCUT2D eigenvalue weighted by atomic mass is 16.3. The lowest BCUT2D eigenvalue weighted by molar-refractivity contribution is 0.194. The first-order chi connectivity index (χ1) is 14.7. The Hall–Kier alpha value is -2.14. The van der Waals surface area contributed by atoms with Gasteiger partial charge in [0.2, 0.25) is 0 Å². The van der Waals surface area contributed by atoms with Gasteiger partial charge in [-0.1, -0.05) is 87.7 Å². The number of hydrogen-bond donors (Lipinski definition) is 3. The lowest BCUT2D eigenvalue weighted by atomic mass is 10.0. The smallest absolute Gasteiger partial charge is 0.106 e. The predicted molar refractivity (Wildman–Crippen MR) is 130 cm³/mol. The van der Waals surface area contributed by atoms with Gasteiger partial charge in [0, 0.05) is 25.4 Å². The second kappa shape index (κ2) is 15.7. The molecular formula is C26H41N3O. The molecule has 0 saturated heterocycles. The molecule has 4 N–H and O–H groups in total. The largest absolute Gasteiger partial charge is 0.396 e. The van der Waals surface area contributed by atoms with E-state index in [9.17, 15) is 0 Å². The van der Waals surface area contributed by atoms with E-state index in [0.29, 0.717) is 0 Å². The monoisotopic (exact) mass is 411 g/mol. The molecule has 0 aromatic heterocycles. The van der Waals surface area contributed by atoms with E-state index in [4.69, 9.17) is 5.11 Å². The van der Waals surface area contributed by atoms with E-state index in [0.717, 1.165) is 13.1 Å². The topological polar surface area (TPSA) is 61.5 Å². The molecule has 0 aliphatic carbocycles. The van der Waals surface area contributed by atoms with Gasteiger partial charge in [0.15, 0.2) is 0 Å². The number of fused-ring (bicyclic) bond motifs is 1. The maximum absolute atomic E-state index is 8.26. The Morgan fingerprint density at radius 1 is 1.10 bits per heavy atom. The Morgan fingerprint density at radius 2 is 1.77 bits per heavy atom. The third kappa shape index (κ3) is 8.70. The number of nitrogens with two attached hydrogens (primary N) is 1. The Morgan fingerprint density at radius 3 is 2.37 bits per heavy atom. The van der Waals surface area contributed by atoms with Crippen LogP contribution in [0.5, 0.6) is 0 Å². The van der Waals surface area contributed by atoms with Gasteiger partial charge in [0.05, 0.1) is 0 Å². The van der Waals surface area contributed by atoms with Crippen molar-refractivity contribution in [2.45, 2.75) is 52.2 Å². The molecule has 0 bridgehead atoms. The minimum atomic E-state index is 0.212. The van der Waals surface area contributed by atoms with Gasteiger partial charge in [-0.15, -0.1) is 6.58 Å². The summed E-state index contributed by atoms with van der Waals surface area (Å²) in [5, 5.41) is 12.0. The van der Waals surface area contributed by atoms with Crippen LogP contribution in [0.25, 0.3) is 0 Å². The molecule has 3 rings (SSSR count). The Bertz CT molecular complexity index is 690. The van der Waals surface area contributed by atoms with E-state index >= 15 is 0 Å². The summed E-state index contributed by atoms with van der Waals surface area (Å²) in [7, 11) is 1.50. The summed E-state index contributed by atoms with van der Waals surface area (Å²) in [6, 6.07) is 19.5. The van der Waals surface area contributed by atoms with E-state index in [1.807, 2.05) is 6.92 Å². The molecule has 166 valence electrons. The number of benzene rings is 2. The van der Waals surface area contributed by atoms with Crippen LogP contribution in [-0.2, 0) is 6.54 Å². The minimum absolute atomic E-state index is 0.212. The number of aliphatic hydroxyl groups excluding tert-OH is 1. The molecule has 2 atom stereocenters. The predicted octanol–water partition coefficient (Wildman–Crippen LogP) is 5.57. The van der Waals surface area contributed by atoms with Crippen LogP contribution in [0.3, 0.4) is 0 Å². The molecule has 2 aromatic carbocycles. The van der Waals surface area contributed by atoms with Crippen molar-refractivity contribution in [1.82, 2.24) is 4.90 Å². The lowest BCUT2D eigenvalue weighted by Crippen LogP contribution is -2.38. The molecular weight excluding hydrogens is 370 g/mol. The molecule has 0 fully saturated rings. The van der Waals surface area contributed by atoms with Gasteiger partial charge in [-0.2, -0.15) is 0 Å². The van der Waals surface area contributed by atoms with Crippen molar-refractivity contribution in [3.63, 3.8) is 0 Å². The number of nitrogens with zero attached hydrogens (tertiary/aromatic N) is 1. The maximum Gasteiger partial charge on any atom is 0.106 e. The van der Waals surface area contributed by atoms with Crippen molar-refractivity contribution in [3.05, 3.63) is 78.4 Å². The zero-order valence-corrected chi connectivity index (χ0v) is 19.1. The highest BCUT2D eigenvalue weighted by molar-refractivity contribution is 5.54. The van der Waals surface area contributed by atoms with Gasteiger partial charge < -0.3 is 16.2 Å². The molecule has 0 amide bonds. The van der Waals surface area contributed by atoms with Crippen LogP contribution in [0.4, 0.5) is 5.69 Å². The average molecular weight is 412 g/mol. The maximum atomic E-state index is 8.26. The summed E-state index contributed by atoms with van der Waals surface area (Å²) in [4.78, 5) is 2.58. The van der Waals surface area contributed by atoms with Gasteiger partial charge in [-0.05, 0) is 36.6 Å². The molecule has 4 heteroatoms. The Kier molecular flexibility index (Phi) is 13.5. The van der Waals surface area contributed by atoms with Crippen LogP contribution >= 0.6 is 0 Å². The molecule has 0 spiro atoms. The van der Waals surface area contributed by atoms with Crippen molar-refractivity contribution < 1.29 is 5.11 Å². The lowest BCUT2D eigenvalue weighted by Gasteiger charge is -2.38. The molecule has 0 radical (unpaired) electrons. The van der Waals surface area contributed by atoms with Gasteiger partial charge in [0.25, 0.3) is 0 Å². The number of unbranched alkanes of at least 4 members (excludes halogenated alkanes) is 3. The van der Waals surface area contributed by atoms with Crippen molar-refractivity contribution in [1.29, 1.82) is 0 Å². The van der Waals surface area contributed by atoms with E-state index in [-0.39, 0.29) is 18.7 Å². The summed E-state index contributed by atoms with van der Waals surface area (Å²) in [5.41, 5.74) is 8.54. The summed E-state index contributed by atoms with van der Waals surface area (Å²) < 4.78 is 0. The summed E-state index contributed by atoms with van der Waals surface area (Å²) in [6.45, 7) is 10.1. The second-order valence-corrected chi connectivity index (χ2v) is 7.54. The standard InChI is InChI=1S/C20H26N2.C5H10O.CH5N/c1-2-3-4-10-15-22-16-18-13-8-9-14-19(18)21-20(22)17-11-6-5-7-12-17;1-3-5(2)4-6;1-2/h5-9,11-14,20-21H,2-4,10,15-16H2,1H3;3,5-6H,1,4H2,2H3;2H2,1H3. The molecule has 4 nitrogen and oxygen atoms in total. The van der Waals surface area contributed by atoms with E-state index in [2.05, 4.69) is 84.1 Å². The number of anilines is 1. The summed E-state index contributed by atoms with van der Waals surface area (Å²) in [5.74, 6) is 0.255. The molecule has 0 saturated carbocycles. The van der Waals surface area contributed by atoms with Crippen LogP contribution in [0.1, 0.15) is 56.8 Å². The average Bonchev–Trinajstić information content (AvgIpc) is 2.83. The van der Waals surface area contributed by atoms with Gasteiger partial charge in [-0.3, -0.25) is 4.90 Å². The zero-order chi connectivity index (χ0) is 22.2. The molecule has 30 heavy (non-hydrogen) atoms. The summed E-state index contributed by atoms with van der Waals surface area (Å²) >= 11 is 0. The molecule has 1 heterocycles. The SMILES string of the molecule is C=CC(C)CO.CCCCCCN1Cc2ccccc2NC1c1ccccc1.CN. The second-order valence-electron chi connectivity index (χ2n) is 7.54. The highest BCUT2D eigenvalue weighted by Gasteiger charge is 2.25. The fourth-order valence-corrected chi connectivity index (χ4v) is 3.30. The fourth-order valence-electron chi connectivity index (χ4n) is 3.30. The van der Waals surface area contributed by atoms with Gasteiger partial charge in [-0.25, -0.2) is 0 Å². The molecule has 1 aliphatic rings. The number of hydrogen-bond acceptors (Lipinski definition) is 4. The van der Waals surface area contributed by atoms with Gasteiger partial charge in [0.1, 0.15) is 6.17 Å². The van der Waals surface area contributed by atoms with Crippen LogP contribution in [0.2, 0.25) is 0 Å². The normalized spacial score (nSPS) is 16.0. The van der Waals surface area contributed by atoms with Crippen molar-refractivity contribution in [2.75, 3.05) is 25.5 Å². The van der Waals surface area contributed by atoms with Crippen molar-refractivity contribution in [3.8, 4) is 0 Å². The first-order valence-corrected chi connectivity index (χ1v) is 11.1. The van der Waals surface area contributed by atoms with E-state index in [1.165, 1.54) is 49.5 Å². The first kappa shape index (κ1) is 25.9. The Balaban J connectivity index is 0.000000487. The fraction of sp³-hybridized carbons (Fsp3) is 0.462. The van der Waals surface area contributed by atoms with Crippen LogP contribution < -0.4 is 11.1 Å². The van der Waals surface area contributed by atoms with Crippen LogP contribution in [0, 0.1) is 5.92 Å². The Labute approximate surface area is 183 Å². The molecule has 1 aliphatic heterocycles. The molecule has 2 unspecified atom stereocenters. The first-order valence-electron chi connectivity index (χ1n) is 11.1. The number of para-hydroxylation sites is 1. The minimum Gasteiger partial charge on any atom is -0.396 e. The number of aliphatic hydroxyl groups is 1. The quantitative estimate of drug-likeness (QED) is 0.393. The van der Waals surface area contributed by atoms with E-state index < -0.39 is 0 Å². The molecule has 2 aromatic rings. The zero-order valence-electron chi connectivity index (χ0n) is 19.1. The third-order valence-electron chi connectivity index (χ3n) is 5.15. The number of rotatable bonds is 8. The highest BCUT2D eigenvalue weighted by Crippen LogP contribution is 2.33.